The molecule has 0 amide bonds. The first-order valence-electron chi connectivity index (χ1n) is 7.55. The van der Waals surface area contributed by atoms with Crippen LogP contribution in [0.4, 0.5) is 11.9 Å². The van der Waals surface area contributed by atoms with E-state index in [-0.39, 0.29) is 0 Å². The molecule has 3 rings (SSSR count). The van der Waals surface area contributed by atoms with Gasteiger partial charge in [-0.1, -0.05) is 13.8 Å². The van der Waals surface area contributed by atoms with Crippen LogP contribution in [0.15, 0.2) is 0 Å². The van der Waals surface area contributed by atoms with Gasteiger partial charge in [0.1, 0.15) is 0 Å². The van der Waals surface area contributed by atoms with Gasteiger partial charge in [0.15, 0.2) is 0 Å². The molecule has 2 saturated heterocycles. The Morgan fingerprint density at radius 2 is 1.65 bits per heavy atom. The quantitative estimate of drug-likeness (QED) is 0.858. The van der Waals surface area contributed by atoms with Gasteiger partial charge < -0.3 is 9.80 Å². The molecular formula is C14H22ClN5. The van der Waals surface area contributed by atoms with Crippen molar-refractivity contribution in [2.24, 2.45) is 11.8 Å². The Bertz CT molecular complexity index is 473. The zero-order valence-corrected chi connectivity index (χ0v) is 13.0. The van der Waals surface area contributed by atoms with Gasteiger partial charge in [0.2, 0.25) is 17.2 Å². The van der Waals surface area contributed by atoms with Gasteiger partial charge in [-0.2, -0.15) is 15.0 Å². The normalized spacial score (nSPS) is 23.1. The van der Waals surface area contributed by atoms with Gasteiger partial charge in [0.25, 0.3) is 0 Å². The second-order valence-corrected chi connectivity index (χ2v) is 6.48. The van der Waals surface area contributed by atoms with Crippen molar-refractivity contribution < 1.29 is 0 Å². The lowest BCUT2D eigenvalue weighted by Crippen LogP contribution is -2.26. The molecule has 0 N–H and O–H groups in total. The number of hydrogen-bond acceptors (Lipinski definition) is 5. The summed E-state index contributed by atoms with van der Waals surface area (Å²) in [6.07, 6.45) is 3.62. The average Bonchev–Trinajstić information content (AvgIpc) is 3.10. The Labute approximate surface area is 125 Å². The summed E-state index contributed by atoms with van der Waals surface area (Å²) in [5.41, 5.74) is 0. The van der Waals surface area contributed by atoms with Crippen molar-refractivity contribution in [2.75, 3.05) is 36.0 Å². The Kier molecular flexibility index (Phi) is 3.96. The van der Waals surface area contributed by atoms with Crippen molar-refractivity contribution in [1.29, 1.82) is 0 Å². The van der Waals surface area contributed by atoms with E-state index in [1.807, 2.05) is 0 Å². The molecule has 20 heavy (non-hydrogen) atoms. The van der Waals surface area contributed by atoms with E-state index in [1.54, 1.807) is 0 Å². The summed E-state index contributed by atoms with van der Waals surface area (Å²) >= 11 is 6.09. The summed E-state index contributed by atoms with van der Waals surface area (Å²) in [4.78, 5) is 17.7. The Morgan fingerprint density at radius 3 is 2.25 bits per heavy atom. The molecule has 1 atom stereocenters. The maximum atomic E-state index is 6.09. The molecule has 2 aliphatic heterocycles. The van der Waals surface area contributed by atoms with Crippen molar-refractivity contribution >= 4 is 23.5 Å². The molecule has 110 valence electrons. The highest BCUT2D eigenvalue weighted by molar-refractivity contribution is 6.28. The number of hydrogen-bond donors (Lipinski definition) is 0. The van der Waals surface area contributed by atoms with E-state index < -0.39 is 0 Å². The van der Waals surface area contributed by atoms with Gasteiger partial charge in [-0.3, -0.25) is 0 Å². The second kappa shape index (κ2) is 5.72. The first-order chi connectivity index (χ1) is 9.63. The lowest BCUT2D eigenvalue weighted by atomic mass is 9.95. The smallest absolute Gasteiger partial charge is 0.231 e. The number of halogens is 1. The SMILES string of the molecule is CC(C)C1CCN(c2nc(Cl)nc(N3CCCC3)n2)C1. The third-order valence-electron chi connectivity index (χ3n) is 4.42. The average molecular weight is 296 g/mol. The maximum absolute atomic E-state index is 6.09. The molecule has 3 heterocycles. The lowest BCUT2D eigenvalue weighted by molar-refractivity contribution is 0.422. The molecule has 0 bridgehead atoms. The standard InChI is InChI=1S/C14H22ClN5/c1-10(2)11-5-8-20(9-11)14-17-12(15)16-13(18-14)19-6-3-4-7-19/h10-11H,3-9H2,1-2H3. The zero-order chi connectivity index (χ0) is 14.1. The minimum absolute atomic E-state index is 0.310. The molecule has 0 saturated carbocycles. The van der Waals surface area contributed by atoms with Crippen LogP contribution in [-0.2, 0) is 0 Å². The van der Waals surface area contributed by atoms with Gasteiger partial charge in [0.05, 0.1) is 0 Å². The van der Waals surface area contributed by atoms with Crippen LogP contribution in [0.5, 0.6) is 0 Å². The number of aromatic nitrogens is 3. The van der Waals surface area contributed by atoms with Crippen molar-refractivity contribution in [3.05, 3.63) is 5.28 Å². The fourth-order valence-corrected chi connectivity index (χ4v) is 3.19. The van der Waals surface area contributed by atoms with Gasteiger partial charge in [-0.25, -0.2) is 0 Å². The summed E-state index contributed by atoms with van der Waals surface area (Å²) in [5.74, 6) is 2.91. The van der Waals surface area contributed by atoms with E-state index in [9.17, 15) is 0 Å². The predicted molar refractivity (Wildman–Crippen MR) is 81.4 cm³/mol. The molecule has 0 radical (unpaired) electrons. The number of rotatable bonds is 3. The molecule has 2 fully saturated rings. The highest BCUT2D eigenvalue weighted by Crippen LogP contribution is 2.28. The van der Waals surface area contributed by atoms with Crippen LogP contribution in [0.2, 0.25) is 5.28 Å². The van der Waals surface area contributed by atoms with Crippen molar-refractivity contribution in [2.45, 2.75) is 33.1 Å². The van der Waals surface area contributed by atoms with Gasteiger partial charge in [-0.15, -0.1) is 0 Å². The van der Waals surface area contributed by atoms with Crippen LogP contribution in [0.1, 0.15) is 33.1 Å². The van der Waals surface area contributed by atoms with Crippen LogP contribution in [0.25, 0.3) is 0 Å². The molecule has 0 aliphatic carbocycles. The van der Waals surface area contributed by atoms with Crippen LogP contribution < -0.4 is 9.80 Å². The van der Waals surface area contributed by atoms with E-state index in [0.717, 1.165) is 44.0 Å². The van der Waals surface area contributed by atoms with Crippen LogP contribution in [0, 0.1) is 11.8 Å². The molecule has 1 unspecified atom stereocenters. The third kappa shape index (κ3) is 2.82. The Morgan fingerprint density at radius 1 is 1.00 bits per heavy atom. The molecule has 5 nitrogen and oxygen atoms in total. The molecule has 6 heteroatoms. The van der Waals surface area contributed by atoms with Gasteiger partial charge in [-0.05, 0) is 42.7 Å². The van der Waals surface area contributed by atoms with Crippen molar-refractivity contribution in [1.82, 2.24) is 15.0 Å². The Hall–Kier alpha value is -1.10. The summed E-state index contributed by atoms with van der Waals surface area (Å²) < 4.78 is 0. The van der Waals surface area contributed by atoms with Crippen LogP contribution in [0.3, 0.4) is 0 Å². The maximum Gasteiger partial charge on any atom is 0.231 e. The van der Waals surface area contributed by atoms with E-state index in [2.05, 4.69) is 38.6 Å². The van der Waals surface area contributed by atoms with Crippen molar-refractivity contribution in [3.8, 4) is 0 Å². The van der Waals surface area contributed by atoms with Crippen LogP contribution >= 0.6 is 11.6 Å². The topological polar surface area (TPSA) is 45.2 Å². The van der Waals surface area contributed by atoms with E-state index in [4.69, 9.17) is 11.6 Å². The first-order valence-corrected chi connectivity index (χ1v) is 7.93. The van der Waals surface area contributed by atoms with Gasteiger partial charge in [0, 0.05) is 26.2 Å². The van der Waals surface area contributed by atoms with E-state index in [1.165, 1.54) is 19.3 Å². The minimum atomic E-state index is 0.310. The highest BCUT2D eigenvalue weighted by Gasteiger charge is 2.27. The third-order valence-corrected chi connectivity index (χ3v) is 4.59. The molecule has 0 spiro atoms. The summed E-state index contributed by atoms with van der Waals surface area (Å²) in [5, 5.41) is 0.310. The molecule has 2 aliphatic rings. The van der Waals surface area contributed by atoms with Crippen LogP contribution in [-0.4, -0.2) is 41.1 Å². The minimum Gasteiger partial charge on any atom is -0.341 e. The zero-order valence-electron chi connectivity index (χ0n) is 12.2. The van der Waals surface area contributed by atoms with Crippen molar-refractivity contribution in [3.63, 3.8) is 0 Å². The monoisotopic (exact) mass is 295 g/mol. The summed E-state index contributed by atoms with van der Waals surface area (Å²) in [6.45, 7) is 8.65. The summed E-state index contributed by atoms with van der Waals surface area (Å²) in [7, 11) is 0. The first kappa shape index (κ1) is 13.9. The van der Waals surface area contributed by atoms with E-state index in [0.29, 0.717) is 11.2 Å². The number of nitrogens with zero attached hydrogens (tertiary/aromatic N) is 5. The second-order valence-electron chi connectivity index (χ2n) is 6.14. The fourth-order valence-electron chi connectivity index (χ4n) is 3.04. The number of anilines is 2. The van der Waals surface area contributed by atoms with Gasteiger partial charge >= 0.3 is 0 Å². The molecule has 1 aromatic heterocycles. The molecule has 1 aromatic rings. The molecule has 0 aromatic carbocycles. The molecular weight excluding hydrogens is 274 g/mol. The Balaban J connectivity index is 1.79. The fraction of sp³-hybridized carbons (Fsp3) is 0.786. The lowest BCUT2D eigenvalue weighted by Gasteiger charge is -2.20. The highest BCUT2D eigenvalue weighted by atomic mass is 35.5. The predicted octanol–water partition coefficient (Wildman–Crippen LogP) is 2.61. The largest absolute Gasteiger partial charge is 0.341 e. The summed E-state index contributed by atoms with van der Waals surface area (Å²) in [6, 6.07) is 0. The van der Waals surface area contributed by atoms with E-state index >= 15 is 0 Å².